The summed E-state index contributed by atoms with van der Waals surface area (Å²) >= 11 is 1.67. The first-order valence-electron chi connectivity index (χ1n) is 6.26. The Balaban J connectivity index is 1.84. The van der Waals surface area contributed by atoms with Crippen molar-refractivity contribution >= 4 is 11.3 Å². The number of nitrogens with zero attached hydrogens (tertiary/aromatic N) is 2. The topological polar surface area (TPSA) is 47.0 Å². The molecule has 0 saturated carbocycles. The molecule has 0 aromatic carbocycles. The van der Waals surface area contributed by atoms with Crippen LogP contribution < -0.4 is 10.1 Å². The van der Waals surface area contributed by atoms with E-state index in [1.165, 1.54) is 4.88 Å². The van der Waals surface area contributed by atoms with Gasteiger partial charge in [-0.2, -0.15) is 5.10 Å². The monoisotopic (exact) mass is 277 g/mol. The molecule has 0 saturated heterocycles. The smallest absolute Gasteiger partial charge is 0.233 e. The van der Waals surface area contributed by atoms with E-state index in [0.717, 1.165) is 5.69 Å². The van der Waals surface area contributed by atoms with Crippen molar-refractivity contribution in [3.63, 3.8) is 0 Å². The van der Waals surface area contributed by atoms with Crippen LogP contribution in [0.2, 0.25) is 0 Å². The third kappa shape index (κ3) is 4.96. The van der Waals surface area contributed by atoms with Gasteiger partial charge in [-0.25, -0.2) is 0 Å². The molecule has 0 aliphatic carbocycles. The van der Waals surface area contributed by atoms with Crippen LogP contribution in [0.1, 0.15) is 31.3 Å². The molecular weight excluding hydrogens is 258 g/mol. The molecule has 0 unspecified atom stereocenters. The summed E-state index contributed by atoms with van der Waals surface area (Å²) in [7, 11) is 0. The van der Waals surface area contributed by atoms with E-state index >= 15 is 0 Å². The minimum Gasteiger partial charge on any atom is -0.471 e. The van der Waals surface area contributed by atoms with Gasteiger partial charge in [0, 0.05) is 23.0 Å². The molecule has 2 aromatic heterocycles. The standard InChI is InChI=1S/C14H19N3OS/c1-14(2,3)15-9-11-6-7-13(17-16-11)18-10-12-5-4-8-19-12/h4-8,15H,9-10H2,1-3H3. The number of thiophene rings is 1. The molecule has 5 heteroatoms. The Kier molecular flexibility index (Phi) is 4.50. The highest BCUT2D eigenvalue weighted by Gasteiger charge is 2.09. The largest absolute Gasteiger partial charge is 0.471 e. The van der Waals surface area contributed by atoms with Gasteiger partial charge < -0.3 is 10.1 Å². The van der Waals surface area contributed by atoms with Gasteiger partial charge in [0.2, 0.25) is 5.88 Å². The van der Waals surface area contributed by atoms with Gasteiger partial charge in [-0.15, -0.1) is 16.4 Å². The van der Waals surface area contributed by atoms with Crippen LogP contribution in [0, 0.1) is 0 Å². The fourth-order valence-corrected chi connectivity index (χ4v) is 2.03. The summed E-state index contributed by atoms with van der Waals surface area (Å²) in [6.45, 7) is 7.63. The fourth-order valence-electron chi connectivity index (χ4n) is 1.41. The van der Waals surface area contributed by atoms with Crippen LogP contribution in [0.25, 0.3) is 0 Å². The van der Waals surface area contributed by atoms with Gasteiger partial charge in [0.05, 0.1) is 5.69 Å². The molecule has 2 rings (SSSR count). The Labute approximate surface area is 117 Å². The molecule has 1 N–H and O–H groups in total. The minimum absolute atomic E-state index is 0.0794. The van der Waals surface area contributed by atoms with Gasteiger partial charge in [0.1, 0.15) is 6.61 Å². The van der Waals surface area contributed by atoms with Gasteiger partial charge in [-0.3, -0.25) is 0 Å². The number of hydrogen-bond acceptors (Lipinski definition) is 5. The van der Waals surface area contributed by atoms with E-state index in [1.54, 1.807) is 11.3 Å². The maximum Gasteiger partial charge on any atom is 0.233 e. The molecule has 102 valence electrons. The Morgan fingerprint density at radius 3 is 2.63 bits per heavy atom. The summed E-state index contributed by atoms with van der Waals surface area (Å²) in [4.78, 5) is 1.18. The van der Waals surface area contributed by atoms with Crippen molar-refractivity contribution in [3.8, 4) is 5.88 Å². The summed E-state index contributed by atoms with van der Waals surface area (Å²) in [5.74, 6) is 0.563. The molecule has 19 heavy (non-hydrogen) atoms. The number of hydrogen-bond donors (Lipinski definition) is 1. The van der Waals surface area contributed by atoms with E-state index < -0.39 is 0 Å². The van der Waals surface area contributed by atoms with Crippen LogP contribution in [0.15, 0.2) is 29.6 Å². The van der Waals surface area contributed by atoms with Crippen molar-refractivity contribution in [1.82, 2.24) is 15.5 Å². The molecule has 2 heterocycles. The average Bonchev–Trinajstić information content (AvgIpc) is 2.87. The van der Waals surface area contributed by atoms with Gasteiger partial charge in [0.15, 0.2) is 0 Å². The first-order valence-corrected chi connectivity index (χ1v) is 7.14. The quantitative estimate of drug-likeness (QED) is 0.912. The van der Waals surface area contributed by atoms with Gasteiger partial charge >= 0.3 is 0 Å². The Morgan fingerprint density at radius 1 is 1.21 bits per heavy atom. The van der Waals surface area contributed by atoms with Crippen molar-refractivity contribution in [2.45, 2.75) is 39.5 Å². The molecule has 0 radical (unpaired) electrons. The third-order valence-electron chi connectivity index (χ3n) is 2.44. The molecule has 0 amide bonds. The first kappa shape index (κ1) is 14.0. The fraction of sp³-hybridized carbons (Fsp3) is 0.429. The average molecular weight is 277 g/mol. The highest BCUT2D eigenvalue weighted by Crippen LogP contribution is 2.13. The molecule has 0 atom stereocenters. The molecule has 0 spiro atoms. The van der Waals surface area contributed by atoms with E-state index in [-0.39, 0.29) is 5.54 Å². The summed E-state index contributed by atoms with van der Waals surface area (Å²) in [6.07, 6.45) is 0. The van der Waals surface area contributed by atoms with Crippen LogP contribution in [0.4, 0.5) is 0 Å². The summed E-state index contributed by atoms with van der Waals surface area (Å²) < 4.78 is 5.57. The van der Waals surface area contributed by atoms with Crippen LogP contribution >= 0.6 is 11.3 Å². The van der Waals surface area contributed by atoms with E-state index in [1.807, 2.05) is 29.6 Å². The van der Waals surface area contributed by atoms with Gasteiger partial charge in [0.25, 0.3) is 0 Å². The molecule has 0 bridgehead atoms. The lowest BCUT2D eigenvalue weighted by Gasteiger charge is -2.19. The molecule has 0 aliphatic heterocycles. The molecule has 2 aromatic rings. The zero-order valence-corrected chi connectivity index (χ0v) is 12.3. The lowest BCUT2D eigenvalue weighted by Crippen LogP contribution is -2.35. The Bertz CT molecular complexity index is 488. The molecule has 0 fully saturated rings. The van der Waals surface area contributed by atoms with Crippen molar-refractivity contribution in [3.05, 3.63) is 40.2 Å². The predicted molar refractivity (Wildman–Crippen MR) is 77.3 cm³/mol. The second-order valence-electron chi connectivity index (χ2n) is 5.33. The second kappa shape index (κ2) is 6.12. The first-order chi connectivity index (χ1) is 9.03. The Hall–Kier alpha value is -1.46. The molecular formula is C14H19N3OS. The van der Waals surface area contributed by atoms with Gasteiger partial charge in [-0.05, 0) is 38.3 Å². The van der Waals surface area contributed by atoms with Crippen LogP contribution in [0.5, 0.6) is 5.88 Å². The van der Waals surface area contributed by atoms with E-state index in [9.17, 15) is 0 Å². The molecule has 4 nitrogen and oxygen atoms in total. The number of ether oxygens (including phenoxy) is 1. The molecule has 0 aliphatic rings. The van der Waals surface area contributed by atoms with Crippen molar-refractivity contribution < 1.29 is 4.74 Å². The number of rotatable bonds is 5. The SMILES string of the molecule is CC(C)(C)NCc1ccc(OCc2cccs2)nn1. The zero-order chi connectivity index (χ0) is 13.7. The summed E-state index contributed by atoms with van der Waals surface area (Å²) in [5, 5.41) is 13.6. The maximum atomic E-state index is 5.57. The predicted octanol–water partition coefficient (Wildman–Crippen LogP) is 3.01. The minimum atomic E-state index is 0.0794. The van der Waals surface area contributed by atoms with Crippen molar-refractivity contribution in [1.29, 1.82) is 0 Å². The van der Waals surface area contributed by atoms with Crippen LogP contribution in [-0.4, -0.2) is 15.7 Å². The Morgan fingerprint density at radius 2 is 2.05 bits per heavy atom. The maximum absolute atomic E-state index is 5.57. The van der Waals surface area contributed by atoms with E-state index in [0.29, 0.717) is 19.0 Å². The van der Waals surface area contributed by atoms with E-state index in [2.05, 4.69) is 36.3 Å². The third-order valence-corrected chi connectivity index (χ3v) is 3.29. The highest BCUT2D eigenvalue weighted by molar-refractivity contribution is 7.09. The van der Waals surface area contributed by atoms with Crippen LogP contribution in [-0.2, 0) is 13.2 Å². The van der Waals surface area contributed by atoms with Crippen molar-refractivity contribution in [2.75, 3.05) is 0 Å². The van der Waals surface area contributed by atoms with Gasteiger partial charge in [-0.1, -0.05) is 6.07 Å². The van der Waals surface area contributed by atoms with Crippen LogP contribution in [0.3, 0.4) is 0 Å². The van der Waals surface area contributed by atoms with E-state index in [4.69, 9.17) is 4.74 Å². The van der Waals surface area contributed by atoms with Crippen molar-refractivity contribution in [2.24, 2.45) is 0 Å². The summed E-state index contributed by atoms with van der Waals surface area (Å²) in [6, 6.07) is 7.85. The zero-order valence-electron chi connectivity index (χ0n) is 11.5. The highest BCUT2D eigenvalue weighted by atomic mass is 32.1. The second-order valence-corrected chi connectivity index (χ2v) is 6.37. The normalized spacial score (nSPS) is 11.5. The lowest BCUT2D eigenvalue weighted by molar-refractivity contribution is 0.293. The summed E-state index contributed by atoms with van der Waals surface area (Å²) in [5.41, 5.74) is 0.995. The lowest BCUT2D eigenvalue weighted by atomic mass is 10.1. The number of nitrogens with one attached hydrogen (secondary N) is 1. The number of aromatic nitrogens is 2.